The summed E-state index contributed by atoms with van der Waals surface area (Å²) >= 11 is 0. The van der Waals surface area contributed by atoms with Crippen LogP contribution in [0.25, 0.3) is 22.8 Å². The molecule has 0 spiro atoms. The number of nitrogens with one attached hydrogen (secondary N) is 1. The number of hydrogen-bond acceptors (Lipinski definition) is 4. The Morgan fingerprint density at radius 3 is 2.75 bits per heavy atom. The van der Waals surface area contributed by atoms with Crippen molar-refractivity contribution in [2.75, 3.05) is 6.54 Å². The Hall–Kier alpha value is -3.02. The van der Waals surface area contributed by atoms with E-state index in [9.17, 15) is 4.79 Å². The molecule has 1 aliphatic heterocycles. The van der Waals surface area contributed by atoms with E-state index in [1.807, 2.05) is 12.1 Å². The number of carbonyl (C=O) groups excluding carboxylic acids is 1. The summed E-state index contributed by atoms with van der Waals surface area (Å²) in [5, 5.41) is 7.32. The molecule has 4 rings (SSSR count). The number of amides is 1. The molecule has 1 amide bonds. The van der Waals surface area contributed by atoms with Gasteiger partial charge >= 0.3 is 0 Å². The first-order valence-corrected chi connectivity index (χ1v) is 7.89. The van der Waals surface area contributed by atoms with E-state index >= 15 is 0 Å². The van der Waals surface area contributed by atoms with Crippen molar-refractivity contribution in [3.8, 4) is 22.8 Å². The molecule has 1 aromatic carbocycles. The maximum absolute atomic E-state index is 11.9. The van der Waals surface area contributed by atoms with Crippen LogP contribution < -0.4 is 5.32 Å². The van der Waals surface area contributed by atoms with Crippen molar-refractivity contribution < 1.29 is 4.79 Å². The number of aryl methyl sites for hydroxylation is 2. The standard InChI is InChI=1S/C18H17N5O/c1-11-3-4-13(9-12(11)2)17-19-6-5-14(21-17)15-10-16-18(24)20-7-8-23(16)22-15/h3-6,9-10H,7-8H2,1-2H3,(H,20,24). The van der Waals surface area contributed by atoms with Gasteiger partial charge in [-0.05, 0) is 43.2 Å². The van der Waals surface area contributed by atoms with E-state index in [0.717, 1.165) is 5.56 Å². The number of aromatic nitrogens is 4. The van der Waals surface area contributed by atoms with Gasteiger partial charge in [0.25, 0.3) is 5.91 Å². The Labute approximate surface area is 139 Å². The van der Waals surface area contributed by atoms with Gasteiger partial charge in [-0.1, -0.05) is 12.1 Å². The van der Waals surface area contributed by atoms with Crippen molar-refractivity contribution in [2.24, 2.45) is 0 Å². The summed E-state index contributed by atoms with van der Waals surface area (Å²) in [7, 11) is 0. The second-order valence-corrected chi connectivity index (χ2v) is 5.96. The summed E-state index contributed by atoms with van der Waals surface area (Å²) < 4.78 is 1.73. The molecule has 6 heteroatoms. The van der Waals surface area contributed by atoms with Gasteiger partial charge in [0.05, 0.1) is 12.2 Å². The maximum Gasteiger partial charge on any atom is 0.269 e. The van der Waals surface area contributed by atoms with Crippen LogP contribution in [-0.4, -0.2) is 32.2 Å². The summed E-state index contributed by atoms with van der Waals surface area (Å²) in [6, 6.07) is 9.77. The fraction of sp³-hybridized carbons (Fsp3) is 0.222. The van der Waals surface area contributed by atoms with Gasteiger partial charge in [0.2, 0.25) is 0 Å². The van der Waals surface area contributed by atoms with Crippen molar-refractivity contribution in [2.45, 2.75) is 20.4 Å². The first-order chi connectivity index (χ1) is 11.6. The molecule has 0 atom stereocenters. The molecule has 0 saturated heterocycles. The number of hydrogen-bond donors (Lipinski definition) is 1. The van der Waals surface area contributed by atoms with Gasteiger partial charge in [0, 0.05) is 18.3 Å². The van der Waals surface area contributed by atoms with Gasteiger partial charge in [-0.25, -0.2) is 9.97 Å². The molecular formula is C18H17N5O. The van der Waals surface area contributed by atoms with Crippen LogP contribution in [0.2, 0.25) is 0 Å². The fourth-order valence-electron chi connectivity index (χ4n) is 2.78. The van der Waals surface area contributed by atoms with Crippen molar-refractivity contribution in [1.82, 2.24) is 25.1 Å². The molecule has 2 aromatic heterocycles. The predicted octanol–water partition coefficient (Wildman–Crippen LogP) is 2.37. The third kappa shape index (κ3) is 2.46. The zero-order valence-electron chi connectivity index (χ0n) is 13.6. The van der Waals surface area contributed by atoms with E-state index in [4.69, 9.17) is 0 Å². The molecule has 1 N–H and O–H groups in total. The van der Waals surface area contributed by atoms with E-state index in [2.05, 4.69) is 46.4 Å². The molecule has 0 radical (unpaired) electrons. The van der Waals surface area contributed by atoms with Crippen molar-refractivity contribution >= 4 is 5.91 Å². The van der Waals surface area contributed by atoms with E-state index in [1.165, 1.54) is 11.1 Å². The smallest absolute Gasteiger partial charge is 0.269 e. The minimum Gasteiger partial charge on any atom is -0.349 e. The summed E-state index contributed by atoms with van der Waals surface area (Å²) in [5.41, 5.74) is 5.39. The molecule has 120 valence electrons. The SMILES string of the molecule is Cc1ccc(-c2nccc(-c3cc4n(n3)CCNC4=O)n2)cc1C. The third-order valence-corrected chi connectivity index (χ3v) is 4.30. The number of carbonyl (C=O) groups is 1. The predicted molar refractivity (Wildman–Crippen MR) is 90.5 cm³/mol. The highest BCUT2D eigenvalue weighted by molar-refractivity contribution is 5.94. The highest BCUT2D eigenvalue weighted by Gasteiger charge is 2.20. The largest absolute Gasteiger partial charge is 0.349 e. The molecule has 6 nitrogen and oxygen atoms in total. The van der Waals surface area contributed by atoms with Crippen molar-refractivity contribution in [1.29, 1.82) is 0 Å². The molecule has 0 aliphatic carbocycles. The summed E-state index contributed by atoms with van der Waals surface area (Å²) in [6.45, 7) is 5.43. The average Bonchev–Trinajstić information content (AvgIpc) is 3.03. The van der Waals surface area contributed by atoms with Gasteiger partial charge in [-0.15, -0.1) is 0 Å². The molecule has 0 saturated carbocycles. The van der Waals surface area contributed by atoms with E-state index < -0.39 is 0 Å². The highest BCUT2D eigenvalue weighted by Crippen LogP contribution is 2.23. The lowest BCUT2D eigenvalue weighted by Crippen LogP contribution is -2.35. The van der Waals surface area contributed by atoms with Crippen LogP contribution in [0, 0.1) is 13.8 Å². The minimum atomic E-state index is -0.0940. The number of benzene rings is 1. The lowest BCUT2D eigenvalue weighted by molar-refractivity contribution is 0.0924. The van der Waals surface area contributed by atoms with Crippen LogP contribution in [0.4, 0.5) is 0 Å². The van der Waals surface area contributed by atoms with Crippen molar-refractivity contribution in [3.63, 3.8) is 0 Å². The normalized spacial score (nSPS) is 13.5. The minimum absolute atomic E-state index is 0.0940. The zero-order chi connectivity index (χ0) is 16.7. The number of rotatable bonds is 2. The van der Waals surface area contributed by atoms with Gasteiger partial charge in [-0.3, -0.25) is 9.48 Å². The molecule has 3 heterocycles. The van der Waals surface area contributed by atoms with Crippen LogP contribution in [0.1, 0.15) is 21.6 Å². The molecule has 24 heavy (non-hydrogen) atoms. The van der Waals surface area contributed by atoms with Crippen LogP contribution in [-0.2, 0) is 6.54 Å². The van der Waals surface area contributed by atoms with Gasteiger partial charge in [-0.2, -0.15) is 5.10 Å². The maximum atomic E-state index is 11.9. The Bertz CT molecular complexity index is 944. The van der Waals surface area contributed by atoms with Crippen LogP contribution in [0.3, 0.4) is 0 Å². The molecule has 3 aromatic rings. The molecule has 0 unspecified atom stereocenters. The second kappa shape index (κ2) is 5.56. The van der Waals surface area contributed by atoms with Gasteiger partial charge in [0.15, 0.2) is 5.82 Å². The van der Waals surface area contributed by atoms with E-state index in [-0.39, 0.29) is 5.91 Å². The van der Waals surface area contributed by atoms with Crippen molar-refractivity contribution in [3.05, 3.63) is 53.3 Å². The van der Waals surface area contributed by atoms with Crippen LogP contribution in [0.5, 0.6) is 0 Å². The quantitative estimate of drug-likeness (QED) is 0.787. The van der Waals surface area contributed by atoms with E-state index in [0.29, 0.717) is 36.0 Å². The second-order valence-electron chi connectivity index (χ2n) is 5.96. The third-order valence-electron chi connectivity index (χ3n) is 4.30. The zero-order valence-corrected chi connectivity index (χ0v) is 13.6. The summed E-state index contributed by atoms with van der Waals surface area (Å²) in [4.78, 5) is 20.9. The lowest BCUT2D eigenvalue weighted by Gasteiger charge is -2.13. The summed E-state index contributed by atoms with van der Waals surface area (Å²) in [6.07, 6.45) is 1.73. The summed E-state index contributed by atoms with van der Waals surface area (Å²) in [5.74, 6) is 0.564. The lowest BCUT2D eigenvalue weighted by atomic mass is 10.1. The van der Waals surface area contributed by atoms with Gasteiger partial charge < -0.3 is 5.32 Å². The molecule has 0 bridgehead atoms. The first kappa shape index (κ1) is 14.6. The monoisotopic (exact) mass is 319 g/mol. The first-order valence-electron chi connectivity index (χ1n) is 7.89. The fourth-order valence-corrected chi connectivity index (χ4v) is 2.78. The Morgan fingerprint density at radius 2 is 1.96 bits per heavy atom. The number of fused-ring (bicyclic) bond motifs is 1. The Morgan fingerprint density at radius 1 is 1.08 bits per heavy atom. The highest BCUT2D eigenvalue weighted by atomic mass is 16.2. The van der Waals surface area contributed by atoms with Crippen LogP contribution >= 0.6 is 0 Å². The molecule has 1 aliphatic rings. The van der Waals surface area contributed by atoms with Crippen LogP contribution in [0.15, 0.2) is 36.5 Å². The topological polar surface area (TPSA) is 72.7 Å². The van der Waals surface area contributed by atoms with E-state index in [1.54, 1.807) is 16.9 Å². The Kier molecular flexibility index (Phi) is 3.37. The number of nitrogens with zero attached hydrogens (tertiary/aromatic N) is 4. The average molecular weight is 319 g/mol. The molecular weight excluding hydrogens is 302 g/mol. The van der Waals surface area contributed by atoms with Gasteiger partial charge in [0.1, 0.15) is 11.4 Å². The Balaban J connectivity index is 1.75. The molecule has 0 fully saturated rings.